The molecule has 4 aromatic rings. The van der Waals surface area contributed by atoms with Crippen LogP contribution in [0.25, 0.3) is 6.08 Å². The molecule has 0 N–H and O–H groups in total. The first-order valence-corrected chi connectivity index (χ1v) is 13.8. The number of hydrogen-bond acceptors (Lipinski definition) is 6. The minimum absolute atomic E-state index is 0.0572. The number of nitrogens with zero attached hydrogens (tertiary/aromatic N) is 2. The smallest absolute Gasteiger partial charge is 0.338 e. The van der Waals surface area contributed by atoms with Crippen LogP contribution in [-0.2, 0) is 21.6 Å². The minimum atomic E-state index is -0.579. The molecule has 7 heteroatoms. The van der Waals surface area contributed by atoms with E-state index in [2.05, 4.69) is 37.9 Å². The fraction of sp³-hybridized carbons (Fsp3) is 0.233. The average molecular weight is 529 g/mol. The van der Waals surface area contributed by atoms with Crippen LogP contribution in [0.15, 0.2) is 93.2 Å². The monoisotopic (exact) mass is 528 g/mol. The van der Waals surface area contributed by atoms with E-state index in [4.69, 9.17) is 4.74 Å². The summed E-state index contributed by atoms with van der Waals surface area (Å²) in [5.74, 6) is -0.462. The number of fused-ring (bicyclic) bond motifs is 1. The Morgan fingerprint density at radius 3 is 2.43 bits per heavy atom. The first-order valence-electron chi connectivity index (χ1n) is 12.1. The van der Waals surface area contributed by atoms with Crippen LogP contribution in [-0.4, -0.2) is 10.5 Å². The summed E-state index contributed by atoms with van der Waals surface area (Å²) in [6, 6.07) is 21.1. The van der Waals surface area contributed by atoms with Crippen molar-refractivity contribution >= 4 is 34.7 Å². The van der Waals surface area contributed by atoms with Crippen LogP contribution in [0.5, 0.6) is 0 Å². The SMILES string of the molecule is CC1=C(C(=O)OCc2ccccc2)C(c2cccs2)n2c(s/c(=C\c3ccc(C(C)(C)C)cc3)c2=O)=N1. The molecule has 0 saturated carbocycles. The second-order valence-corrected chi connectivity index (χ2v) is 12.0. The Morgan fingerprint density at radius 2 is 1.78 bits per heavy atom. The topological polar surface area (TPSA) is 60.7 Å². The van der Waals surface area contributed by atoms with Gasteiger partial charge in [0, 0.05) is 4.88 Å². The van der Waals surface area contributed by atoms with Crippen molar-refractivity contribution in [3.05, 3.63) is 125 Å². The van der Waals surface area contributed by atoms with Gasteiger partial charge in [0.15, 0.2) is 4.80 Å². The molecular formula is C30H28N2O3S2. The fourth-order valence-corrected chi connectivity index (χ4v) is 6.20. The van der Waals surface area contributed by atoms with Gasteiger partial charge in [-0.25, -0.2) is 9.79 Å². The van der Waals surface area contributed by atoms with Gasteiger partial charge in [-0.3, -0.25) is 9.36 Å². The number of carbonyl (C=O) groups excluding carboxylic acids is 1. The van der Waals surface area contributed by atoms with Gasteiger partial charge in [0.2, 0.25) is 0 Å². The van der Waals surface area contributed by atoms with Crippen molar-refractivity contribution in [2.45, 2.75) is 45.8 Å². The van der Waals surface area contributed by atoms with Crippen molar-refractivity contribution in [1.29, 1.82) is 0 Å². The average Bonchev–Trinajstić information content (AvgIpc) is 3.51. The summed E-state index contributed by atoms with van der Waals surface area (Å²) in [5.41, 5.74) is 3.94. The number of hydrogen-bond donors (Lipinski definition) is 0. The van der Waals surface area contributed by atoms with E-state index >= 15 is 0 Å². The van der Waals surface area contributed by atoms with Gasteiger partial charge in [-0.2, -0.15) is 0 Å². The molecule has 1 aliphatic rings. The van der Waals surface area contributed by atoms with Gasteiger partial charge in [0.1, 0.15) is 12.6 Å². The number of carbonyl (C=O) groups is 1. The normalized spacial score (nSPS) is 15.9. The molecular weight excluding hydrogens is 500 g/mol. The van der Waals surface area contributed by atoms with Gasteiger partial charge < -0.3 is 4.74 Å². The Bertz CT molecular complexity index is 1640. The molecule has 0 radical (unpaired) electrons. The first kappa shape index (κ1) is 25.1. The second kappa shape index (κ2) is 10.1. The lowest BCUT2D eigenvalue weighted by molar-refractivity contribution is -0.140. The molecule has 2 aromatic carbocycles. The van der Waals surface area contributed by atoms with Crippen LogP contribution in [0.2, 0.25) is 0 Å². The van der Waals surface area contributed by atoms with E-state index in [1.807, 2.05) is 73.0 Å². The van der Waals surface area contributed by atoms with Crippen LogP contribution in [0.1, 0.15) is 55.3 Å². The van der Waals surface area contributed by atoms with E-state index in [-0.39, 0.29) is 17.6 Å². The molecule has 0 saturated heterocycles. The summed E-state index contributed by atoms with van der Waals surface area (Å²) in [4.78, 5) is 33.2. The second-order valence-electron chi connectivity index (χ2n) is 10.0. The van der Waals surface area contributed by atoms with Crippen LogP contribution >= 0.6 is 22.7 Å². The Labute approximate surface area is 223 Å². The third-order valence-corrected chi connectivity index (χ3v) is 8.25. The molecule has 0 fully saturated rings. The molecule has 0 aliphatic carbocycles. The molecule has 0 amide bonds. The zero-order chi connectivity index (χ0) is 26.2. The van der Waals surface area contributed by atoms with Crippen LogP contribution in [0.3, 0.4) is 0 Å². The van der Waals surface area contributed by atoms with E-state index in [1.165, 1.54) is 28.2 Å². The van der Waals surface area contributed by atoms with Crippen molar-refractivity contribution in [1.82, 2.24) is 4.57 Å². The van der Waals surface area contributed by atoms with E-state index in [1.54, 1.807) is 4.57 Å². The first-order chi connectivity index (χ1) is 17.7. The number of rotatable bonds is 5. The molecule has 1 atom stereocenters. The quantitative estimate of drug-likeness (QED) is 0.329. The van der Waals surface area contributed by atoms with Gasteiger partial charge in [0.25, 0.3) is 5.56 Å². The van der Waals surface area contributed by atoms with E-state index < -0.39 is 12.0 Å². The predicted molar refractivity (Wildman–Crippen MR) is 149 cm³/mol. The molecule has 1 unspecified atom stereocenters. The predicted octanol–water partition coefficient (Wildman–Crippen LogP) is 5.34. The molecule has 188 valence electrons. The van der Waals surface area contributed by atoms with Crippen LogP contribution < -0.4 is 14.9 Å². The number of thiophene rings is 1. The van der Waals surface area contributed by atoms with Crippen molar-refractivity contribution in [2.75, 3.05) is 0 Å². The summed E-state index contributed by atoms with van der Waals surface area (Å²) < 4.78 is 7.91. The molecule has 2 aromatic heterocycles. The van der Waals surface area contributed by atoms with Crippen LogP contribution in [0, 0.1) is 0 Å². The lowest BCUT2D eigenvalue weighted by Crippen LogP contribution is -2.39. The highest BCUT2D eigenvalue weighted by molar-refractivity contribution is 7.10. The number of thiazole rings is 1. The van der Waals surface area contributed by atoms with Gasteiger partial charge in [-0.1, -0.05) is 92.8 Å². The Kier molecular flexibility index (Phi) is 6.84. The van der Waals surface area contributed by atoms with Crippen molar-refractivity contribution in [3.63, 3.8) is 0 Å². The van der Waals surface area contributed by atoms with Gasteiger partial charge in [0.05, 0.1) is 15.8 Å². The molecule has 3 heterocycles. The maximum Gasteiger partial charge on any atom is 0.338 e. The summed E-state index contributed by atoms with van der Waals surface area (Å²) in [6.07, 6.45) is 1.90. The third kappa shape index (κ3) is 5.15. The van der Waals surface area contributed by atoms with Gasteiger partial charge >= 0.3 is 5.97 Å². The van der Waals surface area contributed by atoms with E-state index in [0.29, 0.717) is 20.6 Å². The maximum absolute atomic E-state index is 13.7. The van der Waals surface area contributed by atoms with Crippen molar-refractivity contribution in [3.8, 4) is 0 Å². The summed E-state index contributed by atoms with van der Waals surface area (Å²) in [6.45, 7) is 8.49. The minimum Gasteiger partial charge on any atom is -0.457 e. The summed E-state index contributed by atoms with van der Waals surface area (Å²) in [5, 5.41) is 1.95. The highest BCUT2D eigenvalue weighted by atomic mass is 32.1. The van der Waals surface area contributed by atoms with Crippen LogP contribution in [0.4, 0.5) is 0 Å². The number of aromatic nitrogens is 1. The highest BCUT2D eigenvalue weighted by Crippen LogP contribution is 2.33. The molecule has 37 heavy (non-hydrogen) atoms. The molecule has 0 bridgehead atoms. The molecule has 1 aliphatic heterocycles. The lowest BCUT2D eigenvalue weighted by Gasteiger charge is -2.23. The molecule has 0 spiro atoms. The molecule has 5 rings (SSSR count). The lowest BCUT2D eigenvalue weighted by atomic mass is 9.87. The fourth-order valence-electron chi connectivity index (χ4n) is 4.33. The number of ether oxygens (including phenoxy) is 1. The standard InChI is InChI=1S/C30H28N2O3S2/c1-19-25(28(34)35-18-21-9-6-5-7-10-21)26(23-11-8-16-36-23)32-27(33)24(37-29(32)31-19)17-20-12-14-22(15-13-20)30(2,3)4/h5-17,26H,18H2,1-4H3/b24-17-. The van der Waals surface area contributed by atoms with Crippen molar-refractivity contribution in [2.24, 2.45) is 4.99 Å². The van der Waals surface area contributed by atoms with Crippen molar-refractivity contribution < 1.29 is 9.53 Å². The number of allylic oxidation sites excluding steroid dienone is 1. The third-order valence-electron chi connectivity index (χ3n) is 6.34. The van der Waals surface area contributed by atoms with Gasteiger partial charge in [-0.05, 0) is 46.6 Å². The maximum atomic E-state index is 13.7. The van der Waals surface area contributed by atoms with Gasteiger partial charge in [-0.15, -0.1) is 11.3 Å². The Morgan fingerprint density at radius 1 is 1.05 bits per heavy atom. The highest BCUT2D eigenvalue weighted by Gasteiger charge is 2.34. The van der Waals surface area contributed by atoms with E-state index in [9.17, 15) is 9.59 Å². The zero-order valence-electron chi connectivity index (χ0n) is 21.2. The number of esters is 1. The zero-order valence-corrected chi connectivity index (χ0v) is 22.9. The van der Waals surface area contributed by atoms with E-state index in [0.717, 1.165) is 16.0 Å². The number of benzene rings is 2. The Balaban J connectivity index is 1.55. The Hall–Kier alpha value is -3.55. The summed E-state index contributed by atoms with van der Waals surface area (Å²) >= 11 is 2.85. The largest absolute Gasteiger partial charge is 0.457 e. The molecule has 5 nitrogen and oxygen atoms in total. The summed E-state index contributed by atoms with van der Waals surface area (Å²) in [7, 11) is 0.